The van der Waals surface area contributed by atoms with E-state index in [9.17, 15) is 4.79 Å². The summed E-state index contributed by atoms with van der Waals surface area (Å²) in [5.41, 5.74) is 3.13. The molecule has 2 nitrogen and oxygen atoms in total. The Labute approximate surface area is 120 Å². The molecule has 0 saturated heterocycles. The number of hydrogen-bond donors (Lipinski definition) is 1. The Morgan fingerprint density at radius 2 is 2.00 bits per heavy atom. The molecule has 0 radical (unpaired) electrons. The molecule has 0 spiro atoms. The minimum absolute atomic E-state index is 0.0325. The van der Waals surface area contributed by atoms with Crippen LogP contribution < -0.4 is 5.32 Å². The number of hydrogen-bond acceptors (Lipinski definition) is 1. The second-order valence-electron chi connectivity index (χ2n) is 5.58. The molecule has 0 heterocycles. The highest BCUT2D eigenvalue weighted by Gasteiger charge is 2.26. The first-order valence-electron chi connectivity index (χ1n) is 7.06. The fourth-order valence-corrected chi connectivity index (χ4v) is 3.09. The van der Waals surface area contributed by atoms with Crippen molar-refractivity contribution in [2.45, 2.75) is 45.6 Å². The molecule has 1 amide bonds. The van der Waals surface area contributed by atoms with Crippen LogP contribution in [-0.2, 0) is 0 Å². The van der Waals surface area contributed by atoms with Gasteiger partial charge in [-0.05, 0) is 55.9 Å². The highest BCUT2D eigenvalue weighted by Crippen LogP contribution is 2.25. The van der Waals surface area contributed by atoms with Crippen molar-refractivity contribution in [3.63, 3.8) is 0 Å². The number of nitrogens with one attached hydrogen (secondary N) is 1. The molecule has 1 fully saturated rings. The Morgan fingerprint density at radius 3 is 2.68 bits per heavy atom. The van der Waals surface area contributed by atoms with E-state index >= 15 is 0 Å². The zero-order valence-electron chi connectivity index (χ0n) is 11.7. The van der Waals surface area contributed by atoms with Gasteiger partial charge in [-0.2, -0.15) is 0 Å². The Balaban J connectivity index is 2.05. The lowest BCUT2D eigenvalue weighted by molar-refractivity contribution is 0.0911. The van der Waals surface area contributed by atoms with E-state index in [1.54, 1.807) is 0 Å². The van der Waals surface area contributed by atoms with E-state index in [1.807, 2.05) is 25.1 Å². The van der Waals surface area contributed by atoms with E-state index < -0.39 is 0 Å². The summed E-state index contributed by atoms with van der Waals surface area (Å²) < 4.78 is 0. The minimum Gasteiger partial charge on any atom is -0.349 e. The number of halogens is 1. The number of amides is 1. The van der Waals surface area contributed by atoms with E-state index in [2.05, 4.69) is 12.2 Å². The average molecular weight is 280 g/mol. The third kappa shape index (κ3) is 3.50. The maximum atomic E-state index is 12.3. The van der Waals surface area contributed by atoms with Crippen LogP contribution in [0.2, 0.25) is 0 Å². The number of rotatable bonds is 3. The Bertz CT molecular complexity index is 458. The molecule has 1 aliphatic rings. The summed E-state index contributed by atoms with van der Waals surface area (Å²) in [6.45, 7) is 4.09. The topological polar surface area (TPSA) is 29.1 Å². The first-order valence-corrected chi connectivity index (χ1v) is 7.59. The molecule has 1 aliphatic carbocycles. The molecule has 19 heavy (non-hydrogen) atoms. The Kier molecular flexibility index (Phi) is 4.87. The fraction of sp³-hybridized carbons (Fsp3) is 0.562. The lowest BCUT2D eigenvalue weighted by Crippen LogP contribution is -2.42. The van der Waals surface area contributed by atoms with Crippen LogP contribution >= 0.6 is 11.6 Å². The third-order valence-corrected chi connectivity index (χ3v) is 4.59. The summed E-state index contributed by atoms with van der Waals surface area (Å²) in [5, 5.41) is 3.16. The lowest BCUT2D eigenvalue weighted by Gasteiger charge is -2.30. The van der Waals surface area contributed by atoms with Gasteiger partial charge in [-0.15, -0.1) is 11.6 Å². The summed E-state index contributed by atoms with van der Waals surface area (Å²) in [6.07, 6.45) is 4.59. The molecule has 0 aromatic heterocycles. The molecule has 0 aliphatic heterocycles. The standard InChI is InChI=1S/C16H22ClNO/c1-11-7-8-13(9-12(11)2)16(19)18-15-6-4-3-5-14(15)10-17/h7-9,14-15H,3-6,10H2,1-2H3,(H,18,19). The molecule has 2 unspecified atom stereocenters. The van der Waals surface area contributed by atoms with E-state index in [1.165, 1.54) is 18.4 Å². The van der Waals surface area contributed by atoms with Gasteiger partial charge in [0.05, 0.1) is 0 Å². The second-order valence-corrected chi connectivity index (χ2v) is 5.89. The predicted octanol–water partition coefficient (Wildman–Crippen LogP) is 3.83. The van der Waals surface area contributed by atoms with Gasteiger partial charge < -0.3 is 5.32 Å². The highest BCUT2D eigenvalue weighted by atomic mass is 35.5. The number of carbonyl (C=O) groups excluding carboxylic acids is 1. The Hall–Kier alpha value is -1.02. The van der Waals surface area contributed by atoms with Crippen molar-refractivity contribution in [1.82, 2.24) is 5.32 Å². The lowest BCUT2D eigenvalue weighted by atomic mass is 9.85. The second kappa shape index (κ2) is 6.42. The molecular weight excluding hydrogens is 258 g/mol. The molecule has 2 rings (SSSR count). The van der Waals surface area contributed by atoms with Crippen LogP contribution in [0.25, 0.3) is 0 Å². The normalized spacial score (nSPS) is 23.1. The zero-order chi connectivity index (χ0) is 13.8. The van der Waals surface area contributed by atoms with Gasteiger partial charge in [0.25, 0.3) is 5.91 Å². The number of carbonyl (C=O) groups is 1. The first kappa shape index (κ1) is 14.4. The zero-order valence-corrected chi connectivity index (χ0v) is 12.5. The van der Waals surface area contributed by atoms with Crippen LogP contribution in [0.1, 0.15) is 47.2 Å². The van der Waals surface area contributed by atoms with Crippen molar-refractivity contribution in [2.24, 2.45) is 5.92 Å². The van der Waals surface area contributed by atoms with Crippen molar-refractivity contribution >= 4 is 17.5 Å². The summed E-state index contributed by atoms with van der Waals surface area (Å²) in [6, 6.07) is 6.10. The van der Waals surface area contributed by atoms with Gasteiger partial charge in [0.15, 0.2) is 0 Å². The fourth-order valence-electron chi connectivity index (χ4n) is 2.72. The van der Waals surface area contributed by atoms with E-state index in [0.717, 1.165) is 24.0 Å². The van der Waals surface area contributed by atoms with E-state index in [0.29, 0.717) is 11.8 Å². The van der Waals surface area contributed by atoms with Crippen LogP contribution in [0.4, 0.5) is 0 Å². The SMILES string of the molecule is Cc1ccc(C(=O)NC2CCCCC2CCl)cc1C. The number of benzene rings is 1. The first-order chi connectivity index (χ1) is 9.11. The molecule has 2 atom stereocenters. The highest BCUT2D eigenvalue weighted by molar-refractivity contribution is 6.18. The van der Waals surface area contributed by atoms with Crippen LogP contribution in [-0.4, -0.2) is 17.8 Å². The van der Waals surface area contributed by atoms with Crippen LogP contribution in [0, 0.1) is 19.8 Å². The molecule has 104 valence electrons. The van der Waals surface area contributed by atoms with Crippen LogP contribution in [0.15, 0.2) is 18.2 Å². The molecule has 1 aromatic rings. The quantitative estimate of drug-likeness (QED) is 0.837. The molecule has 0 bridgehead atoms. The number of alkyl halides is 1. The van der Waals surface area contributed by atoms with Crippen molar-refractivity contribution in [3.8, 4) is 0 Å². The van der Waals surface area contributed by atoms with Crippen LogP contribution in [0.3, 0.4) is 0 Å². The van der Waals surface area contributed by atoms with Crippen molar-refractivity contribution in [1.29, 1.82) is 0 Å². The van der Waals surface area contributed by atoms with Gasteiger partial charge in [0, 0.05) is 17.5 Å². The minimum atomic E-state index is 0.0325. The summed E-state index contributed by atoms with van der Waals surface area (Å²) in [5.74, 6) is 1.09. The van der Waals surface area contributed by atoms with Gasteiger partial charge in [-0.1, -0.05) is 18.9 Å². The third-order valence-electron chi connectivity index (χ3n) is 4.19. The van der Waals surface area contributed by atoms with Gasteiger partial charge in [0.2, 0.25) is 0 Å². The molecule has 1 saturated carbocycles. The summed E-state index contributed by atoms with van der Waals surface area (Å²) in [4.78, 5) is 12.3. The molecule has 1 aromatic carbocycles. The van der Waals surface area contributed by atoms with Gasteiger partial charge in [-0.25, -0.2) is 0 Å². The summed E-state index contributed by atoms with van der Waals surface area (Å²) >= 11 is 6.00. The average Bonchev–Trinajstić information content (AvgIpc) is 2.42. The molecule has 1 N–H and O–H groups in total. The largest absolute Gasteiger partial charge is 0.349 e. The maximum absolute atomic E-state index is 12.3. The van der Waals surface area contributed by atoms with Crippen LogP contribution in [0.5, 0.6) is 0 Å². The molecule has 3 heteroatoms. The van der Waals surface area contributed by atoms with Crippen molar-refractivity contribution in [3.05, 3.63) is 34.9 Å². The van der Waals surface area contributed by atoms with Gasteiger partial charge >= 0.3 is 0 Å². The van der Waals surface area contributed by atoms with Gasteiger partial charge in [-0.3, -0.25) is 4.79 Å². The predicted molar refractivity (Wildman–Crippen MR) is 79.8 cm³/mol. The number of aryl methyl sites for hydroxylation is 2. The maximum Gasteiger partial charge on any atom is 0.251 e. The monoisotopic (exact) mass is 279 g/mol. The smallest absolute Gasteiger partial charge is 0.251 e. The summed E-state index contributed by atoms with van der Waals surface area (Å²) in [7, 11) is 0. The van der Waals surface area contributed by atoms with E-state index in [-0.39, 0.29) is 11.9 Å². The van der Waals surface area contributed by atoms with Gasteiger partial charge in [0.1, 0.15) is 0 Å². The molecular formula is C16H22ClNO. The Morgan fingerprint density at radius 1 is 1.26 bits per heavy atom. The van der Waals surface area contributed by atoms with E-state index in [4.69, 9.17) is 11.6 Å². The van der Waals surface area contributed by atoms with Crippen molar-refractivity contribution in [2.75, 3.05) is 5.88 Å². The van der Waals surface area contributed by atoms with Crippen molar-refractivity contribution < 1.29 is 4.79 Å².